The molecule has 0 bridgehead atoms. The van der Waals surface area contributed by atoms with Gasteiger partial charge in [0.2, 0.25) is 15.9 Å². The van der Waals surface area contributed by atoms with Gasteiger partial charge >= 0.3 is 0 Å². The number of hydrogen-bond donors (Lipinski definition) is 2. The summed E-state index contributed by atoms with van der Waals surface area (Å²) in [5, 5.41) is 37.2. The summed E-state index contributed by atoms with van der Waals surface area (Å²) in [6.07, 6.45) is 3.74. The van der Waals surface area contributed by atoms with Gasteiger partial charge in [-0.15, -0.1) is 0 Å². The monoisotopic (exact) mass is 631 g/mol. The topological polar surface area (TPSA) is 176 Å². The molecule has 44 heavy (non-hydrogen) atoms. The van der Waals surface area contributed by atoms with E-state index >= 15 is 0 Å². The first-order chi connectivity index (χ1) is 20.6. The van der Waals surface area contributed by atoms with Crippen molar-refractivity contribution in [2.45, 2.75) is 82.0 Å². The van der Waals surface area contributed by atoms with E-state index in [1.54, 1.807) is 0 Å². The van der Waals surface area contributed by atoms with Gasteiger partial charge in [-0.05, 0) is 57.1 Å². The molecule has 1 saturated heterocycles. The fourth-order valence-corrected chi connectivity index (χ4v) is 7.82. The predicted molar refractivity (Wildman–Crippen MR) is 163 cm³/mol. The van der Waals surface area contributed by atoms with Gasteiger partial charge in [0.1, 0.15) is 0 Å². The lowest BCUT2D eigenvalue weighted by Crippen LogP contribution is -2.59. The minimum Gasteiger partial charge on any atom is -0.390 e. The quantitative estimate of drug-likeness (QED) is 0.275. The molecular weight excluding hydrogens is 590 g/mol. The van der Waals surface area contributed by atoms with Crippen LogP contribution >= 0.6 is 0 Å². The van der Waals surface area contributed by atoms with Gasteiger partial charge in [-0.2, -0.15) is 4.31 Å². The molecule has 1 heterocycles. The fraction of sp³-hybridized carbons (Fsp3) is 0.567. The Morgan fingerprint density at radius 2 is 1.66 bits per heavy atom. The van der Waals surface area contributed by atoms with E-state index < -0.39 is 49.8 Å². The van der Waals surface area contributed by atoms with Crippen molar-refractivity contribution < 1.29 is 28.2 Å². The lowest BCUT2D eigenvalue weighted by molar-refractivity contribution is -0.385. The van der Waals surface area contributed by atoms with Gasteiger partial charge in [-0.1, -0.05) is 37.5 Å². The van der Waals surface area contributed by atoms with Crippen LogP contribution in [0.15, 0.2) is 53.4 Å². The summed E-state index contributed by atoms with van der Waals surface area (Å²) in [5.74, 6) is 0.656. The van der Waals surface area contributed by atoms with Crippen molar-refractivity contribution in [1.29, 1.82) is 0 Å². The Hall–Kier alpha value is -3.46. The highest BCUT2D eigenvalue weighted by atomic mass is 32.2. The molecule has 0 radical (unpaired) electrons. The van der Waals surface area contributed by atoms with Crippen molar-refractivity contribution in [2.75, 3.05) is 19.6 Å². The first kappa shape index (κ1) is 33.4. The van der Waals surface area contributed by atoms with E-state index in [2.05, 4.69) is 5.32 Å². The molecule has 2 aliphatic rings. The summed E-state index contributed by atoms with van der Waals surface area (Å²) >= 11 is 0. The molecule has 2 aromatic rings. The number of nitrogens with zero attached hydrogens (tertiary/aromatic N) is 4. The molecule has 0 aromatic heterocycles. The number of aliphatic hydroxyl groups excluding tert-OH is 1. The van der Waals surface area contributed by atoms with Gasteiger partial charge < -0.3 is 10.4 Å². The number of non-ortho nitro benzene ring substituents is 2. The molecule has 1 aliphatic heterocycles. The molecule has 14 heteroatoms. The zero-order valence-electron chi connectivity index (χ0n) is 25.3. The molecule has 2 fully saturated rings. The van der Waals surface area contributed by atoms with Crippen molar-refractivity contribution in [1.82, 2.24) is 14.5 Å². The number of nitro groups is 2. The van der Waals surface area contributed by atoms with E-state index in [1.807, 2.05) is 25.7 Å². The van der Waals surface area contributed by atoms with Crippen molar-refractivity contribution in [3.05, 3.63) is 74.3 Å². The molecule has 0 unspecified atom stereocenters. The van der Waals surface area contributed by atoms with Gasteiger partial charge in [0.25, 0.3) is 11.4 Å². The number of amides is 1. The van der Waals surface area contributed by atoms with Crippen LogP contribution in [0.4, 0.5) is 11.4 Å². The Kier molecular flexibility index (Phi) is 10.4. The largest absolute Gasteiger partial charge is 0.390 e. The normalized spacial score (nSPS) is 21.8. The number of sulfonamides is 1. The minimum absolute atomic E-state index is 0.0291. The maximum absolute atomic E-state index is 13.9. The smallest absolute Gasteiger partial charge is 0.270 e. The third-order valence-electron chi connectivity index (χ3n) is 8.31. The van der Waals surface area contributed by atoms with Crippen LogP contribution in [-0.2, 0) is 21.4 Å². The highest BCUT2D eigenvalue weighted by molar-refractivity contribution is 7.89. The number of carbonyl (C=O) groups is 1. The number of aliphatic hydroxyl groups is 1. The van der Waals surface area contributed by atoms with E-state index in [0.29, 0.717) is 30.4 Å². The maximum atomic E-state index is 13.9. The standard InChI is InChI=1S/C30H41N5O8S/c1-30(2,3)31-29(37)28-15-22-9-4-5-10-23(22)18-32(28)19-26(36)20-33(17-21-8-6-11-24(14-21)34(38)39)44(42,43)27-13-7-12-25(16-27)35(40)41/h6-8,11-14,16,22-23,26,28,36H,4-5,9-10,15,17-20H2,1-3H3,(H,31,37)/t22-,23+,26+,28-/m0/s1. The number of nitro benzene ring substituents is 2. The average molecular weight is 632 g/mol. The van der Waals surface area contributed by atoms with Gasteiger partial charge in [0.15, 0.2) is 0 Å². The van der Waals surface area contributed by atoms with Crippen LogP contribution in [0, 0.1) is 32.1 Å². The lowest BCUT2D eigenvalue weighted by atomic mass is 9.72. The highest BCUT2D eigenvalue weighted by Gasteiger charge is 2.41. The third-order valence-corrected chi connectivity index (χ3v) is 10.1. The molecule has 4 atom stereocenters. The second kappa shape index (κ2) is 13.7. The van der Waals surface area contributed by atoms with Gasteiger partial charge in [0.05, 0.1) is 26.9 Å². The molecule has 2 N–H and O–H groups in total. The first-order valence-electron chi connectivity index (χ1n) is 14.9. The number of carbonyl (C=O) groups excluding carboxylic acids is 1. The highest BCUT2D eigenvalue weighted by Crippen LogP contribution is 2.39. The first-order valence-corrected chi connectivity index (χ1v) is 16.3. The molecule has 1 amide bonds. The zero-order chi connectivity index (χ0) is 32.2. The molecular formula is C30H41N5O8S. The van der Waals surface area contributed by atoms with Crippen LogP contribution in [0.25, 0.3) is 0 Å². The maximum Gasteiger partial charge on any atom is 0.270 e. The number of nitrogens with one attached hydrogen (secondary N) is 1. The van der Waals surface area contributed by atoms with E-state index in [0.717, 1.165) is 36.1 Å². The minimum atomic E-state index is -4.40. The van der Waals surface area contributed by atoms with Gasteiger partial charge in [-0.25, -0.2) is 8.42 Å². The summed E-state index contributed by atoms with van der Waals surface area (Å²) in [5.41, 5.74) is -0.777. The van der Waals surface area contributed by atoms with Crippen molar-refractivity contribution >= 4 is 27.3 Å². The Balaban J connectivity index is 1.62. The number of rotatable bonds is 11. The Bertz CT molecular complexity index is 1480. The molecule has 240 valence electrons. The number of piperidine rings is 1. The Labute approximate surface area is 257 Å². The van der Waals surface area contributed by atoms with E-state index in [-0.39, 0.29) is 29.6 Å². The summed E-state index contributed by atoms with van der Waals surface area (Å²) in [6, 6.07) is 9.65. The molecule has 4 rings (SSSR count). The average Bonchev–Trinajstić information content (AvgIpc) is 2.95. The van der Waals surface area contributed by atoms with Crippen LogP contribution in [0.1, 0.15) is 58.4 Å². The molecule has 13 nitrogen and oxygen atoms in total. The summed E-state index contributed by atoms with van der Waals surface area (Å²) < 4.78 is 28.7. The molecule has 1 saturated carbocycles. The Morgan fingerprint density at radius 3 is 2.30 bits per heavy atom. The third kappa shape index (κ3) is 8.37. The number of β-amino-alcohol motifs (C(OH)–C–C–N with tert-alkyl or cyclic N) is 1. The van der Waals surface area contributed by atoms with Crippen LogP contribution in [0.5, 0.6) is 0 Å². The number of hydrogen-bond acceptors (Lipinski definition) is 9. The number of benzene rings is 2. The van der Waals surface area contributed by atoms with Crippen LogP contribution in [-0.4, -0.2) is 75.8 Å². The van der Waals surface area contributed by atoms with E-state index in [4.69, 9.17) is 0 Å². The summed E-state index contributed by atoms with van der Waals surface area (Å²) in [7, 11) is -4.40. The summed E-state index contributed by atoms with van der Waals surface area (Å²) in [4.78, 5) is 36.5. The fourth-order valence-electron chi connectivity index (χ4n) is 6.32. The Morgan fingerprint density at radius 1 is 1.05 bits per heavy atom. The second-order valence-corrected chi connectivity index (χ2v) is 14.8. The van der Waals surface area contributed by atoms with Crippen LogP contribution in [0.3, 0.4) is 0 Å². The van der Waals surface area contributed by atoms with Crippen LogP contribution in [0.2, 0.25) is 0 Å². The van der Waals surface area contributed by atoms with Crippen molar-refractivity contribution in [3.63, 3.8) is 0 Å². The molecule has 0 spiro atoms. The summed E-state index contributed by atoms with van der Waals surface area (Å²) in [6.45, 7) is 5.63. The lowest BCUT2D eigenvalue weighted by Gasteiger charge is -2.46. The zero-order valence-corrected chi connectivity index (χ0v) is 26.1. The second-order valence-electron chi connectivity index (χ2n) is 12.9. The molecule has 2 aromatic carbocycles. The van der Waals surface area contributed by atoms with Crippen molar-refractivity contribution in [2.24, 2.45) is 11.8 Å². The number of fused-ring (bicyclic) bond motifs is 1. The van der Waals surface area contributed by atoms with E-state index in [1.165, 1.54) is 42.5 Å². The SMILES string of the molecule is CC(C)(C)NC(=O)[C@@H]1C[C@@H]2CCCC[C@@H]2CN1C[C@@H](O)CN(Cc1cccc([N+](=O)[O-])c1)S(=O)(=O)c1cccc([N+](=O)[O-])c1. The predicted octanol–water partition coefficient (Wildman–Crippen LogP) is 3.85. The van der Waals surface area contributed by atoms with E-state index in [9.17, 15) is 38.5 Å². The van der Waals surface area contributed by atoms with Gasteiger partial charge in [-0.3, -0.25) is 29.9 Å². The number of likely N-dealkylation sites (tertiary alicyclic amines) is 1. The van der Waals surface area contributed by atoms with Gasteiger partial charge in [0, 0.05) is 56.0 Å². The van der Waals surface area contributed by atoms with Crippen LogP contribution < -0.4 is 5.32 Å². The van der Waals surface area contributed by atoms with Crippen molar-refractivity contribution in [3.8, 4) is 0 Å². The molecule has 1 aliphatic carbocycles.